The average Bonchev–Trinajstić information content (AvgIpc) is 3.17. The summed E-state index contributed by atoms with van der Waals surface area (Å²) in [5, 5.41) is 9.81. The molecule has 2 heterocycles. The standard InChI is InChI=1S/C15H10F2N2O2S/c16-15(17)20-11-6-3-10(4-7-11)5-8-13-18-19-14(21-13)12-2-1-9-22-12/h1-9,15H/b8-5+. The molecule has 0 saturated carbocycles. The van der Waals surface area contributed by atoms with Gasteiger partial charge in [0, 0.05) is 6.08 Å². The Labute approximate surface area is 128 Å². The fraction of sp³-hybridized carbons (Fsp3) is 0.0667. The fourth-order valence-corrected chi connectivity index (χ4v) is 2.37. The van der Waals surface area contributed by atoms with Gasteiger partial charge in [0.25, 0.3) is 5.89 Å². The van der Waals surface area contributed by atoms with E-state index in [1.807, 2.05) is 17.5 Å². The van der Waals surface area contributed by atoms with Crippen molar-refractivity contribution in [3.63, 3.8) is 0 Å². The monoisotopic (exact) mass is 320 g/mol. The lowest BCUT2D eigenvalue weighted by molar-refractivity contribution is -0.0498. The van der Waals surface area contributed by atoms with Crippen molar-refractivity contribution in [3.05, 3.63) is 53.2 Å². The summed E-state index contributed by atoms with van der Waals surface area (Å²) in [5.41, 5.74) is 0.803. The van der Waals surface area contributed by atoms with Crippen molar-refractivity contribution < 1.29 is 17.9 Å². The maximum Gasteiger partial charge on any atom is 0.387 e. The number of hydrogen-bond acceptors (Lipinski definition) is 5. The van der Waals surface area contributed by atoms with E-state index in [9.17, 15) is 8.78 Å². The summed E-state index contributed by atoms with van der Waals surface area (Å²) in [6.45, 7) is -2.82. The average molecular weight is 320 g/mol. The fourth-order valence-electron chi connectivity index (χ4n) is 1.73. The first kappa shape index (κ1) is 14.4. The summed E-state index contributed by atoms with van der Waals surface area (Å²) in [6.07, 6.45) is 3.41. The zero-order valence-electron chi connectivity index (χ0n) is 11.1. The van der Waals surface area contributed by atoms with Crippen LogP contribution in [0.15, 0.2) is 46.2 Å². The first-order chi connectivity index (χ1) is 10.7. The van der Waals surface area contributed by atoms with Gasteiger partial charge < -0.3 is 9.15 Å². The zero-order valence-corrected chi connectivity index (χ0v) is 12.0. The second kappa shape index (κ2) is 6.48. The Balaban J connectivity index is 1.69. The maximum atomic E-state index is 12.0. The summed E-state index contributed by atoms with van der Waals surface area (Å²) >= 11 is 1.51. The van der Waals surface area contributed by atoms with E-state index in [1.165, 1.54) is 23.5 Å². The van der Waals surface area contributed by atoms with E-state index in [1.54, 1.807) is 24.3 Å². The molecule has 0 saturated heterocycles. The maximum absolute atomic E-state index is 12.0. The molecule has 0 bridgehead atoms. The van der Waals surface area contributed by atoms with Crippen molar-refractivity contribution in [3.8, 4) is 16.5 Å². The molecule has 0 aliphatic rings. The van der Waals surface area contributed by atoms with Crippen molar-refractivity contribution in [2.75, 3.05) is 0 Å². The highest BCUT2D eigenvalue weighted by Gasteiger charge is 2.07. The number of alkyl halides is 2. The molecular weight excluding hydrogens is 310 g/mol. The summed E-state index contributed by atoms with van der Waals surface area (Å²) in [6, 6.07) is 10.1. The number of aromatic nitrogens is 2. The van der Waals surface area contributed by atoms with Gasteiger partial charge in [0.1, 0.15) is 5.75 Å². The van der Waals surface area contributed by atoms with Crippen LogP contribution >= 0.6 is 11.3 Å². The van der Waals surface area contributed by atoms with Gasteiger partial charge in [-0.05, 0) is 35.2 Å². The summed E-state index contributed by atoms with van der Waals surface area (Å²) in [7, 11) is 0. The minimum atomic E-state index is -2.82. The first-order valence-electron chi connectivity index (χ1n) is 6.31. The minimum Gasteiger partial charge on any atom is -0.435 e. The predicted molar refractivity (Wildman–Crippen MR) is 79.6 cm³/mol. The normalized spacial score (nSPS) is 11.4. The zero-order chi connectivity index (χ0) is 15.4. The highest BCUT2D eigenvalue weighted by atomic mass is 32.1. The molecule has 4 nitrogen and oxygen atoms in total. The van der Waals surface area contributed by atoms with Gasteiger partial charge in [-0.3, -0.25) is 0 Å². The number of rotatable bonds is 5. The highest BCUT2D eigenvalue weighted by Crippen LogP contribution is 2.23. The lowest BCUT2D eigenvalue weighted by Crippen LogP contribution is -2.01. The van der Waals surface area contributed by atoms with Crippen LogP contribution in [0.4, 0.5) is 8.78 Å². The quantitative estimate of drug-likeness (QED) is 0.691. The van der Waals surface area contributed by atoms with E-state index in [4.69, 9.17) is 4.42 Å². The van der Waals surface area contributed by atoms with Gasteiger partial charge in [-0.15, -0.1) is 21.5 Å². The second-order valence-electron chi connectivity index (χ2n) is 4.20. The van der Waals surface area contributed by atoms with E-state index in [-0.39, 0.29) is 5.75 Å². The number of benzene rings is 1. The number of halogens is 2. The van der Waals surface area contributed by atoms with E-state index in [2.05, 4.69) is 14.9 Å². The largest absolute Gasteiger partial charge is 0.435 e. The molecule has 0 N–H and O–H groups in total. The van der Waals surface area contributed by atoms with Crippen LogP contribution in [0.3, 0.4) is 0 Å². The molecule has 22 heavy (non-hydrogen) atoms. The Morgan fingerprint density at radius 2 is 1.91 bits per heavy atom. The Morgan fingerprint density at radius 1 is 1.09 bits per heavy atom. The SMILES string of the molecule is FC(F)Oc1ccc(/C=C/c2nnc(-c3cccs3)o2)cc1. The van der Waals surface area contributed by atoms with E-state index >= 15 is 0 Å². The van der Waals surface area contributed by atoms with Crippen molar-refractivity contribution in [1.82, 2.24) is 10.2 Å². The van der Waals surface area contributed by atoms with Gasteiger partial charge >= 0.3 is 6.61 Å². The van der Waals surface area contributed by atoms with Crippen LogP contribution in [0.1, 0.15) is 11.5 Å². The molecule has 0 amide bonds. The van der Waals surface area contributed by atoms with Gasteiger partial charge in [-0.2, -0.15) is 8.78 Å². The van der Waals surface area contributed by atoms with Crippen molar-refractivity contribution in [1.29, 1.82) is 0 Å². The predicted octanol–water partition coefficient (Wildman–Crippen LogP) is 4.57. The summed E-state index contributed by atoms with van der Waals surface area (Å²) in [4.78, 5) is 0.903. The third kappa shape index (κ3) is 3.56. The number of thiophene rings is 1. The summed E-state index contributed by atoms with van der Waals surface area (Å²) in [5.74, 6) is 0.955. The molecule has 7 heteroatoms. The lowest BCUT2D eigenvalue weighted by atomic mass is 10.2. The van der Waals surface area contributed by atoms with Crippen molar-refractivity contribution in [2.24, 2.45) is 0 Å². The third-order valence-electron chi connectivity index (χ3n) is 2.70. The molecule has 1 aromatic carbocycles. The molecule has 2 aromatic heterocycles. The molecule has 3 rings (SSSR count). The Bertz CT molecular complexity index is 752. The van der Waals surface area contributed by atoms with Crippen LogP contribution in [0.25, 0.3) is 22.9 Å². The van der Waals surface area contributed by atoms with E-state index < -0.39 is 6.61 Å². The second-order valence-corrected chi connectivity index (χ2v) is 5.15. The Morgan fingerprint density at radius 3 is 2.59 bits per heavy atom. The molecule has 0 aliphatic heterocycles. The highest BCUT2D eigenvalue weighted by molar-refractivity contribution is 7.13. The molecule has 0 fully saturated rings. The lowest BCUT2D eigenvalue weighted by Gasteiger charge is -2.03. The smallest absolute Gasteiger partial charge is 0.387 e. The number of hydrogen-bond donors (Lipinski definition) is 0. The molecule has 0 unspecified atom stereocenters. The first-order valence-corrected chi connectivity index (χ1v) is 7.19. The van der Waals surface area contributed by atoms with Crippen LogP contribution in [0.2, 0.25) is 0 Å². The molecule has 3 aromatic rings. The molecule has 0 spiro atoms. The summed E-state index contributed by atoms with van der Waals surface area (Å²) < 4.78 is 33.9. The van der Waals surface area contributed by atoms with Crippen LogP contribution in [-0.2, 0) is 0 Å². The molecule has 0 radical (unpaired) electrons. The Kier molecular flexibility index (Phi) is 4.24. The topological polar surface area (TPSA) is 48.2 Å². The third-order valence-corrected chi connectivity index (χ3v) is 3.55. The van der Waals surface area contributed by atoms with Gasteiger partial charge in [0.15, 0.2) is 0 Å². The van der Waals surface area contributed by atoms with Crippen molar-refractivity contribution >= 4 is 23.5 Å². The van der Waals surface area contributed by atoms with Gasteiger partial charge in [0.2, 0.25) is 5.89 Å². The van der Waals surface area contributed by atoms with Gasteiger partial charge in [-0.1, -0.05) is 18.2 Å². The van der Waals surface area contributed by atoms with Crippen molar-refractivity contribution in [2.45, 2.75) is 6.61 Å². The van der Waals surface area contributed by atoms with E-state index in [0.717, 1.165) is 10.4 Å². The Hall–Kier alpha value is -2.54. The molecular formula is C15H10F2N2O2S. The molecule has 0 atom stereocenters. The molecule has 0 aliphatic carbocycles. The van der Waals surface area contributed by atoms with Crippen LogP contribution in [0, 0.1) is 0 Å². The van der Waals surface area contributed by atoms with Crippen LogP contribution < -0.4 is 4.74 Å². The van der Waals surface area contributed by atoms with E-state index in [0.29, 0.717) is 11.8 Å². The van der Waals surface area contributed by atoms with Gasteiger partial charge in [0.05, 0.1) is 4.88 Å². The number of ether oxygens (including phenoxy) is 1. The van der Waals surface area contributed by atoms with Gasteiger partial charge in [-0.25, -0.2) is 0 Å². The molecule has 112 valence electrons. The minimum absolute atomic E-state index is 0.116. The van der Waals surface area contributed by atoms with Crippen LogP contribution in [0.5, 0.6) is 5.75 Å². The number of nitrogens with zero attached hydrogens (tertiary/aromatic N) is 2. The van der Waals surface area contributed by atoms with Crippen LogP contribution in [-0.4, -0.2) is 16.8 Å².